The molecule has 170 valence electrons. The van der Waals surface area contributed by atoms with Crippen molar-refractivity contribution in [3.63, 3.8) is 0 Å². The van der Waals surface area contributed by atoms with Gasteiger partial charge < -0.3 is 14.7 Å². The van der Waals surface area contributed by atoms with Crippen molar-refractivity contribution in [2.45, 2.75) is 33.4 Å². The van der Waals surface area contributed by atoms with E-state index in [1.807, 2.05) is 32.2 Å². The first-order valence-electron chi connectivity index (χ1n) is 10.6. The van der Waals surface area contributed by atoms with E-state index in [1.165, 1.54) is 28.4 Å². The molecule has 1 saturated heterocycles. The molecule has 1 aliphatic heterocycles. The second-order valence-electron chi connectivity index (χ2n) is 7.93. The number of rotatable bonds is 6. The molecule has 4 rings (SSSR count). The smallest absolute Gasteiger partial charge is 0.295 e. The topological polar surface area (TPSA) is 66.8 Å². The average molecular weight is 466 g/mol. The lowest BCUT2D eigenvalue weighted by Gasteiger charge is -2.25. The number of hydrogen-bond acceptors (Lipinski definition) is 5. The lowest BCUT2D eigenvalue weighted by molar-refractivity contribution is -0.140. The van der Waals surface area contributed by atoms with Gasteiger partial charge in [-0.1, -0.05) is 12.1 Å². The molecule has 1 aliphatic rings. The molecule has 1 fully saturated rings. The zero-order valence-corrected chi connectivity index (χ0v) is 19.4. The minimum Gasteiger partial charge on any atom is -0.507 e. The van der Waals surface area contributed by atoms with Crippen LogP contribution < -0.4 is 4.74 Å². The van der Waals surface area contributed by atoms with E-state index in [-0.39, 0.29) is 23.7 Å². The van der Waals surface area contributed by atoms with Gasteiger partial charge in [0.15, 0.2) is 0 Å². The number of aliphatic hydroxyl groups excluding tert-OH is 1. The van der Waals surface area contributed by atoms with Crippen LogP contribution in [0.2, 0.25) is 0 Å². The highest BCUT2D eigenvalue weighted by atomic mass is 32.1. The van der Waals surface area contributed by atoms with Crippen LogP contribution in [-0.4, -0.2) is 28.3 Å². The Morgan fingerprint density at radius 2 is 1.82 bits per heavy atom. The highest BCUT2D eigenvalue weighted by Crippen LogP contribution is 2.43. The van der Waals surface area contributed by atoms with Crippen LogP contribution in [0, 0.1) is 19.7 Å². The second-order valence-corrected chi connectivity index (χ2v) is 8.88. The minimum absolute atomic E-state index is 0.0521. The Morgan fingerprint density at radius 1 is 1.09 bits per heavy atom. The molecule has 2 heterocycles. The lowest BCUT2D eigenvalue weighted by atomic mass is 9.97. The molecule has 1 atom stereocenters. The molecular weight excluding hydrogens is 441 g/mol. The van der Waals surface area contributed by atoms with E-state index in [0.717, 1.165) is 16.0 Å². The summed E-state index contributed by atoms with van der Waals surface area (Å²) < 4.78 is 18.9. The summed E-state index contributed by atoms with van der Waals surface area (Å²) in [4.78, 5) is 28.5. The summed E-state index contributed by atoms with van der Waals surface area (Å²) in [5.74, 6) is -1.34. The number of carbonyl (C=O) groups is 2. The van der Waals surface area contributed by atoms with Crippen LogP contribution in [0.3, 0.4) is 0 Å². The molecule has 0 radical (unpaired) electrons. The molecule has 5 nitrogen and oxygen atoms in total. The average Bonchev–Trinajstić information content (AvgIpc) is 3.32. The molecule has 2 aromatic carbocycles. The van der Waals surface area contributed by atoms with E-state index >= 15 is 0 Å². The van der Waals surface area contributed by atoms with Crippen LogP contribution in [0.25, 0.3) is 5.76 Å². The Hall–Kier alpha value is -3.45. The molecule has 3 aromatic rings. The van der Waals surface area contributed by atoms with Gasteiger partial charge in [-0.05, 0) is 79.2 Å². The first-order chi connectivity index (χ1) is 15.8. The van der Waals surface area contributed by atoms with Gasteiger partial charge in [0, 0.05) is 17.0 Å². The Balaban J connectivity index is 1.82. The highest BCUT2D eigenvalue weighted by Gasteiger charge is 2.47. The monoisotopic (exact) mass is 465 g/mol. The van der Waals surface area contributed by atoms with Crippen LogP contribution in [0.1, 0.15) is 40.1 Å². The van der Waals surface area contributed by atoms with Crippen LogP contribution in [0.4, 0.5) is 4.39 Å². The van der Waals surface area contributed by atoms with Gasteiger partial charge in [0.25, 0.3) is 11.7 Å². The quantitative estimate of drug-likeness (QED) is 0.296. The van der Waals surface area contributed by atoms with Crippen LogP contribution in [0.15, 0.2) is 59.5 Å². The Morgan fingerprint density at radius 3 is 2.42 bits per heavy atom. The Labute approximate surface area is 195 Å². The van der Waals surface area contributed by atoms with Gasteiger partial charge >= 0.3 is 0 Å². The number of ketones is 1. The number of thiophene rings is 1. The number of likely N-dealkylation sites (tertiary alicyclic amines) is 1. The van der Waals surface area contributed by atoms with Gasteiger partial charge in [-0.25, -0.2) is 4.39 Å². The summed E-state index contributed by atoms with van der Waals surface area (Å²) in [6.45, 7) is 6.28. The highest BCUT2D eigenvalue weighted by molar-refractivity contribution is 7.10. The third kappa shape index (κ3) is 4.28. The van der Waals surface area contributed by atoms with E-state index in [2.05, 4.69) is 0 Å². The second kappa shape index (κ2) is 9.19. The SMILES string of the molecule is CCOc1ccc(/C(O)=C2/C(=O)C(=O)N(Cc3ccc(F)cc3)C2c2sccc2C)cc1C. The predicted molar refractivity (Wildman–Crippen MR) is 126 cm³/mol. The number of aryl methyl sites for hydroxylation is 2. The van der Waals surface area contributed by atoms with Crippen molar-refractivity contribution in [1.29, 1.82) is 0 Å². The van der Waals surface area contributed by atoms with Crippen molar-refractivity contribution in [1.82, 2.24) is 4.90 Å². The van der Waals surface area contributed by atoms with E-state index in [0.29, 0.717) is 23.5 Å². The van der Waals surface area contributed by atoms with Crippen LogP contribution >= 0.6 is 11.3 Å². The first-order valence-corrected chi connectivity index (χ1v) is 11.5. The number of nitrogens with zero attached hydrogens (tertiary/aromatic N) is 1. The molecular formula is C26H24FNO4S. The van der Waals surface area contributed by atoms with E-state index in [1.54, 1.807) is 30.3 Å². The maximum absolute atomic E-state index is 13.4. The third-order valence-corrected chi connectivity index (χ3v) is 6.78. The molecule has 1 N–H and O–H groups in total. The number of benzene rings is 2. The maximum atomic E-state index is 13.4. The Bertz CT molecular complexity index is 1250. The zero-order chi connectivity index (χ0) is 23.7. The van der Waals surface area contributed by atoms with E-state index in [4.69, 9.17) is 4.74 Å². The van der Waals surface area contributed by atoms with Gasteiger partial charge in [0.05, 0.1) is 12.2 Å². The molecule has 1 amide bonds. The number of ether oxygens (including phenoxy) is 1. The first kappa shape index (κ1) is 22.7. The lowest BCUT2D eigenvalue weighted by Crippen LogP contribution is -2.29. The van der Waals surface area contributed by atoms with Crippen molar-refractivity contribution in [3.8, 4) is 5.75 Å². The fourth-order valence-corrected chi connectivity index (χ4v) is 5.08. The third-order valence-electron chi connectivity index (χ3n) is 5.70. The van der Waals surface area contributed by atoms with Gasteiger partial charge in [-0.2, -0.15) is 0 Å². The van der Waals surface area contributed by atoms with Crippen molar-refractivity contribution >= 4 is 28.8 Å². The van der Waals surface area contributed by atoms with Crippen molar-refractivity contribution in [2.24, 2.45) is 0 Å². The zero-order valence-electron chi connectivity index (χ0n) is 18.6. The molecule has 0 spiro atoms. The number of carbonyl (C=O) groups excluding carboxylic acids is 2. The number of halogens is 1. The van der Waals surface area contributed by atoms with Crippen molar-refractivity contribution < 1.29 is 23.8 Å². The summed E-state index contributed by atoms with van der Waals surface area (Å²) in [5, 5.41) is 13.1. The predicted octanol–water partition coefficient (Wildman–Crippen LogP) is 5.52. The van der Waals surface area contributed by atoms with Gasteiger partial charge in [0.1, 0.15) is 23.4 Å². The summed E-state index contributed by atoms with van der Waals surface area (Å²) in [6, 6.07) is 12.2. The fourth-order valence-electron chi connectivity index (χ4n) is 4.04. The number of Topliss-reactive ketones (excluding diaryl/α,β-unsaturated/α-hetero) is 1. The number of aliphatic hydroxyl groups is 1. The number of hydrogen-bond donors (Lipinski definition) is 1. The van der Waals surface area contributed by atoms with Crippen molar-refractivity contribution in [3.05, 3.63) is 92.4 Å². The minimum atomic E-state index is -0.737. The molecule has 0 aliphatic carbocycles. The molecule has 0 saturated carbocycles. The summed E-state index contributed by atoms with van der Waals surface area (Å²) >= 11 is 1.42. The van der Waals surface area contributed by atoms with Crippen LogP contribution in [-0.2, 0) is 16.1 Å². The largest absolute Gasteiger partial charge is 0.507 e. The summed E-state index contributed by atoms with van der Waals surface area (Å²) in [5.41, 5.74) is 2.91. The van der Waals surface area contributed by atoms with Crippen molar-refractivity contribution in [2.75, 3.05) is 6.61 Å². The Kier molecular flexibility index (Phi) is 6.33. The molecule has 33 heavy (non-hydrogen) atoms. The van der Waals surface area contributed by atoms with Gasteiger partial charge in [-0.3, -0.25) is 9.59 Å². The van der Waals surface area contributed by atoms with E-state index < -0.39 is 17.7 Å². The van der Waals surface area contributed by atoms with Gasteiger partial charge in [0.2, 0.25) is 0 Å². The van der Waals surface area contributed by atoms with Gasteiger partial charge in [-0.15, -0.1) is 11.3 Å². The molecule has 7 heteroatoms. The molecule has 1 unspecified atom stereocenters. The summed E-state index contributed by atoms with van der Waals surface area (Å²) in [7, 11) is 0. The molecule has 1 aromatic heterocycles. The standard InChI is InChI=1S/C26H24FNO4S/c1-4-32-20-10-7-18(13-16(20)3)23(29)21-22(25-15(2)11-12-33-25)28(26(31)24(21)30)14-17-5-8-19(27)9-6-17/h5-13,22,29H,4,14H2,1-3H3/b23-21-. The normalized spacial score (nSPS) is 17.6. The summed E-state index contributed by atoms with van der Waals surface area (Å²) in [6.07, 6.45) is 0. The van der Waals surface area contributed by atoms with E-state index in [9.17, 15) is 19.1 Å². The fraction of sp³-hybridized carbons (Fsp3) is 0.231. The maximum Gasteiger partial charge on any atom is 0.295 e. The molecule has 0 bridgehead atoms. The number of amides is 1. The van der Waals surface area contributed by atoms with Crippen LogP contribution in [0.5, 0.6) is 5.75 Å².